The molecule has 0 spiro atoms. The monoisotopic (exact) mass is 706 g/mol. The van der Waals surface area contributed by atoms with Gasteiger partial charge in [0.15, 0.2) is 0 Å². The van der Waals surface area contributed by atoms with Crippen LogP contribution in [0.4, 0.5) is 0 Å². The lowest BCUT2D eigenvalue weighted by Gasteiger charge is -2.34. The van der Waals surface area contributed by atoms with Crippen LogP contribution in [0, 0.1) is 11.8 Å². The number of benzene rings is 4. The maximum absolute atomic E-state index is 6.89. The van der Waals surface area contributed by atoms with Gasteiger partial charge in [-0.25, -0.2) is 0 Å². The van der Waals surface area contributed by atoms with E-state index >= 15 is 0 Å². The second kappa shape index (κ2) is 17.4. The Morgan fingerprint density at radius 1 is 0.755 bits per heavy atom. The molecule has 4 unspecified atom stereocenters. The molecule has 4 aromatic rings. The Labute approximate surface area is 316 Å². The quantitative estimate of drug-likeness (QED) is 0.0911. The number of rotatable bonds is 15. The summed E-state index contributed by atoms with van der Waals surface area (Å²) in [5.41, 5.74) is 7.16. The van der Waals surface area contributed by atoms with Crippen LogP contribution >= 0.6 is 0 Å². The topological polar surface area (TPSA) is 36.9 Å². The average molecular weight is 707 g/mol. The summed E-state index contributed by atoms with van der Waals surface area (Å²) in [5, 5.41) is 0. The molecule has 3 aliphatic rings. The molecule has 274 valence electrons. The molecule has 4 aromatic carbocycles. The molecule has 4 heteroatoms. The lowest BCUT2D eigenvalue weighted by atomic mass is 9.80. The molecule has 53 heavy (non-hydrogen) atoms. The summed E-state index contributed by atoms with van der Waals surface area (Å²) >= 11 is 0. The van der Waals surface area contributed by atoms with E-state index in [1.54, 1.807) is 0 Å². The molecule has 0 N–H and O–H groups in total. The Balaban J connectivity index is 1.17. The minimum absolute atomic E-state index is 0.203. The van der Waals surface area contributed by atoms with Crippen LogP contribution in [0.1, 0.15) is 105 Å². The molecule has 4 nitrogen and oxygen atoms in total. The van der Waals surface area contributed by atoms with Crippen LogP contribution in [0.25, 0.3) is 5.57 Å². The highest BCUT2D eigenvalue weighted by Crippen LogP contribution is 2.47. The number of para-hydroxylation sites is 3. The number of allylic oxidation sites excluding steroid dienone is 8. The third kappa shape index (κ3) is 8.55. The number of ether oxygens (including phenoxy) is 4. The van der Waals surface area contributed by atoms with E-state index in [-0.39, 0.29) is 11.8 Å². The maximum atomic E-state index is 6.89. The van der Waals surface area contributed by atoms with Crippen molar-refractivity contribution in [3.05, 3.63) is 161 Å². The van der Waals surface area contributed by atoms with Gasteiger partial charge in [0.1, 0.15) is 29.6 Å². The van der Waals surface area contributed by atoms with Gasteiger partial charge in [0, 0.05) is 28.2 Å². The van der Waals surface area contributed by atoms with Gasteiger partial charge in [-0.3, -0.25) is 0 Å². The van der Waals surface area contributed by atoms with Crippen LogP contribution in [0.2, 0.25) is 0 Å². The minimum Gasteiger partial charge on any atom is -0.490 e. The zero-order valence-electron chi connectivity index (χ0n) is 31.7. The van der Waals surface area contributed by atoms with Gasteiger partial charge in [-0.05, 0) is 78.8 Å². The van der Waals surface area contributed by atoms with Gasteiger partial charge in [0.25, 0.3) is 0 Å². The second-order valence-electron chi connectivity index (χ2n) is 15.1. The highest BCUT2D eigenvalue weighted by atomic mass is 16.7. The minimum atomic E-state index is -0.621. The van der Waals surface area contributed by atoms with Gasteiger partial charge >= 0.3 is 0 Å². The lowest BCUT2D eigenvalue weighted by molar-refractivity contribution is -0.0967. The van der Waals surface area contributed by atoms with E-state index in [2.05, 4.69) is 137 Å². The zero-order chi connectivity index (χ0) is 36.6. The van der Waals surface area contributed by atoms with Gasteiger partial charge in [-0.15, -0.1) is 0 Å². The van der Waals surface area contributed by atoms with Crippen LogP contribution in [0.3, 0.4) is 0 Å². The van der Waals surface area contributed by atoms with E-state index in [1.165, 1.54) is 28.7 Å². The van der Waals surface area contributed by atoms with Crippen molar-refractivity contribution < 1.29 is 18.9 Å². The predicted molar refractivity (Wildman–Crippen MR) is 217 cm³/mol. The van der Waals surface area contributed by atoms with Crippen LogP contribution in [-0.4, -0.2) is 19.5 Å². The molecule has 1 heterocycles. The molecular weight excluding hydrogens is 653 g/mol. The van der Waals surface area contributed by atoms with Gasteiger partial charge in [0.2, 0.25) is 6.29 Å². The first kappa shape index (κ1) is 36.6. The first-order valence-corrected chi connectivity index (χ1v) is 19.7. The Morgan fingerprint density at radius 3 is 2.15 bits per heavy atom. The summed E-state index contributed by atoms with van der Waals surface area (Å²) < 4.78 is 26.9. The van der Waals surface area contributed by atoms with Crippen molar-refractivity contribution in [2.75, 3.05) is 13.2 Å². The van der Waals surface area contributed by atoms with Crippen molar-refractivity contribution in [2.24, 2.45) is 11.8 Å². The Bertz CT molecular complexity index is 1900. The molecule has 0 amide bonds. The zero-order valence-corrected chi connectivity index (χ0v) is 31.7. The van der Waals surface area contributed by atoms with Crippen molar-refractivity contribution in [3.63, 3.8) is 0 Å². The van der Waals surface area contributed by atoms with E-state index in [0.717, 1.165) is 59.8 Å². The van der Waals surface area contributed by atoms with E-state index in [1.807, 2.05) is 24.3 Å². The molecule has 0 radical (unpaired) electrons. The average Bonchev–Trinajstić information content (AvgIpc) is 3.20. The van der Waals surface area contributed by atoms with Crippen molar-refractivity contribution >= 4 is 5.57 Å². The van der Waals surface area contributed by atoms with Gasteiger partial charge < -0.3 is 18.9 Å². The highest BCUT2D eigenvalue weighted by Gasteiger charge is 2.36. The smallest absolute Gasteiger partial charge is 0.211 e. The first-order chi connectivity index (χ1) is 26.0. The number of hydrogen-bond acceptors (Lipinski definition) is 4. The number of hydrogen-bond donors (Lipinski definition) is 0. The largest absolute Gasteiger partial charge is 0.490 e. The molecule has 0 fully saturated rings. The van der Waals surface area contributed by atoms with Gasteiger partial charge in [-0.2, -0.15) is 0 Å². The van der Waals surface area contributed by atoms with Crippen molar-refractivity contribution in [3.8, 4) is 23.0 Å². The molecule has 7 rings (SSSR count). The Hall–Kier alpha value is -4.80. The van der Waals surface area contributed by atoms with Crippen LogP contribution < -0.4 is 14.2 Å². The Morgan fingerprint density at radius 2 is 1.49 bits per heavy atom. The summed E-state index contributed by atoms with van der Waals surface area (Å²) in [5.74, 6) is 5.22. The van der Waals surface area contributed by atoms with Crippen molar-refractivity contribution in [2.45, 2.75) is 83.8 Å². The third-order valence-electron chi connectivity index (χ3n) is 11.0. The maximum Gasteiger partial charge on any atom is 0.211 e. The fraction of sp³-hybridized carbons (Fsp3) is 0.347. The molecular formula is C49H54O4. The van der Waals surface area contributed by atoms with Gasteiger partial charge in [-0.1, -0.05) is 143 Å². The SMILES string of the molecule is CCC(C)C(CC(C)C)c1ccc(OC(OCCOc2c(C3=CC=CCC3)cccc2C2C=CC=CC2)C2c3ccccc3Oc3ccccc32)cc1. The van der Waals surface area contributed by atoms with E-state index in [4.69, 9.17) is 18.9 Å². The van der Waals surface area contributed by atoms with Crippen molar-refractivity contribution in [1.82, 2.24) is 0 Å². The van der Waals surface area contributed by atoms with Crippen LogP contribution in [0.5, 0.6) is 23.0 Å². The molecule has 1 aliphatic heterocycles. The summed E-state index contributed by atoms with van der Waals surface area (Å²) in [6, 6.07) is 31.8. The highest BCUT2D eigenvalue weighted by molar-refractivity contribution is 5.74. The third-order valence-corrected chi connectivity index (χ3v) is 11.0. The standard InChI is InChI=1S/C49H54O4/c1-5-35(4)44(33-34(2)3)38-27-29-39(30-28-38)52-49(47-42-21-12-14-25-45(42)53-46-26-15-13-22-43(46)47)51-32-31-50-48-40(36-17-8-6-9-18-36)23-16-24-41(48)37-19-10-7-11-20-37/h6-10,12-17,19,21-30,34-36,44,47,49H,5,11,18,20,31-33H2,1-4H3. The van der Waals surface area contributed by atoms with Gasteiger partial charge in [0.05, 0.1) is 12.5 Å². The van der Waals surface area contributed by atoms with Crippen molar-refractivity contribution in [1.29, 1.82) is 0 Å². The molecule has 0 saturated heterocycles. The molecule has 0 bridgehead atoms. The molecule has 0 saturated carbocycles. The normalized spacial score (nSPS) is 18.1. The fourth-order valence-corrected chi connectivity index (χ4v) is 8.06. The summed E-state index contributed by atoms with van der Waals surface area (Å²) in [4.78, 5) is 0. The van der Waals surface area contributed by atoms with E-state index < -0.39 is 6.29 Å². The van der Waals surface area contributed by atoms with E-state index in [0.29, 0.717) is 31.0 Å². The summed E-state index contributed by atoms with van der Waals surface area (Å²) in [6.07, 6.45) is 20.1. The molecule has 0 aromatic heterocycles. The van der Waals surface area contributed by atoms with E-state index in [9.17, 15) is 0 Å². The fourth-order valence-electron chi connectivity index (χ4n) is 8.06. The van der Waals surface area contributed by atoms with Crippen LogP contribution in [-0.2, 0) is 4.74 Å². The molecule has 4 atom stereocenters. The molecule has 2 aliphatic carbocycles. The first-order valence-electron chi connectivity index (χ1n) is 19.7. The summed E-state index contributed by atoms with van der Waals surface area (Å²) in [6.45, 7) is 10.0. The second-order valence-corrected chi connectivity index (χ2v) is 15.1. The predicted octanol–water partition coefficient (Wildman–Crippen LogP) is 12.9. The lowest BCUT2D eigenvalue weighted by Crippen LogP contribution is -2.32. The number of fused-ring (bicyclic) bond motifs is 2. The van der Waals surface area contributed by atoms with Crippen LogP contribution in [0.15, 0.2) is 134 Å². The Kier molecular flexibility index (Phi) is 12.0. The summed E-state index contributed by atoms with van der Waals surface area (Å²) in [7, 11) is 0.